The molecule has 0 fully saturated rings. The molecule has 2 aromatic carbocycles. The second kappa shape index (κ2) is 6.95. The van der Waals surface area contributed by atoms with E-state index in [0.717, 1.165) is 40.5 Å². The molecule has 5 aromatic rings. The van der Waals surface area contributed by atoms with Crippen molar-refractivity contribution in [3.8, 4) is 5.69 Å². The Labute approximate surface area is 171 Å². The van der Waals surface area contributed by atoms with Gasteiger partial charge < -0.3 is 4.57 Å². The van der Waals surface area contributed by atoms with Crippen LogP contribution in [0.3, 0.4) is 0 Å². The fraction of sp³-hybridized carbons (Fsp3) is 0.217. The summed E-state index contributed by atoms with van der Waals surface area (Å²) in [7, 11) is 1.94. The number of para-hydroxylation sites is 1. The predicted molar refractivity (Wildman–Crippen MR) is 118 cm³/mol. The zero-order valence-corrected chi connectivity index (χ0v) is 16.9. The summed E-state index contributed by atoms with van der Waals surface area (Å²) in [6, 6.07) is 15.5. The Morgan fingerprint density at radius 2 is 1.80 bits per heavy atom. The fourth-order valence-electron chi connectivity index (χ4n) is 4.01. The van der Waals surface area contributed by atoms with Crippen molar-refractivity contribution in [1.82, 2.24) is 23.7 Å². The molecule has 0 aliphatic rings. The minimum absolute atomic E-state index is 0.290. The fourth-order valence-corrected chi connectivity index (χ4v) is 4.01. The molecule has 0 saturated heterocycles. The first-order valence-corrected chi connectivity index (χ1v) is 10.1. The molecule has 0 unspecified atom stereocenters. The third kappa shape index (κ3) is 2.66. The lowest BCUT2D eigenvalue weighted by Gasteiger charge is -2.07. The van der Waals surface area contributed by atoms with Crippen LogP contribution in [0, 0.1) is 0 Å². The van der Waals surface area contributed by atoms with Crippen molar-refractivity contribution in [3.63, 3.8) is 0 Å². The van der Waals surface area contributed by atoms with Crippen LogP contribution in [0.25, 0.3) is 38.7 Å². The van der Waals surface area contributed by atoms with Gasteiger partial charge in [0.2, 0.25) is 0 Å². The maximum absolute atomic E-state index is 13.4. The number of aryl methyl sites for hydroxylation is 1. The Kier molecular flexibility index (Phi) is 4.24. The van der Waals surface area contributed by atoms with Crippen molar-refractivity contribution in [2.24, 2.45) is 7.05 Å². The molecule has 7 heteroatoms. The van der Waals surface area contributed by atoms with Gasteiger partial charge in [-0.1, -0.05) is 31.5 Å². The lowest BCUT2D eigenvalue weighted by Crippen LogP contribution is -2.35. The lowest BCUT2D eigenvalue weighted by atomic mass is 10.2. The molecule has 0 amide bonds. The van der Waals surface area contributed by atoms with Crippen LogP contribution in [-0.4, -0.2) is 23.7 Å². The van der Waals surface area contributed by atoms with Crippen LogP contribution >= 0.6 is 0 Å². The number of rotatable bonds is 4. The second-order valence-corrected chi connectivity index (χ2v) is 7.48. The zero-order chi connectivity index (χ0) is 20.8. The molecule has 150 valence electrons. The standard InChI is InChI=1S/C23H21N5O2/c1-3-4-12-27-22(29)20-16-10-11-18-17(24-14-26(18)2)13-19(16)28(21(20)25-23(27)30)15-8-6-5-7-9-15/h5-11,13-14H,3-4,12H2,1-2H3. The molecular weight excluding hydrogens is 378 g/mol. The third-order valence-electron chi connectivity index (χ3n) is 5.56. The van der Waals surface area contributed by atoms with Gasteiger partial charge in [0.1, 0.15) is 0 Å². The Morgan fingerprint density at radius 3 is 2.57 bits per heavy atom. The van der Waals surface area contributed by atoms with Crippen molar-refractivity contribution >= 4 is 33.0 Å². The van der Waals surface area contributed by atoms with Crippen LogP contribution in [0.4, 0.5) is 0 Å². The van der Waals surface area contributed by atoms with E-state index in [9.17, 15) is 9.59 Å². The van der Waals surface area contributed by atoms with Crippen LogP contribution in [0.15, 0.2) is 64.4 Å². The van der Waals surface area contributed by atoms with Gasteiger partial charge in [-0.25, -0.2) is 9.78 Å². The van der Waals surface area contributed by atoms with E-state index in [1.54, 1.807) is 6.33 Å². The summed E-state index contributed by atoms with van der Waals surface area (Å²) in [5.41, 5.74) is 2.98. The number of nitrogens with zero attached hydrogens (tertiary/aromatic N) is 5. The summed E-state index contributed by atoms with van der Waals surface area (Å²) in [6.45, 7) is 2.40. The molecule has 0 bridgehead atoms. The SMILES string of the molecule is CCCCn1c(=O)nc2c(c1=O)c1ccc3c(cc1n2-c1ccccc1)ncn3C. The minimum Gasteiger partial charge on any atom is -0.334 e. The number of hydrogen-bond donors (Lipinski definition) is 0. The first kappa shape index (κ1) is 18.3. The number of benzene rings is 1. The lowest BCUT2D eigenvalue weighted by molar-refractivity contribution is 0.589. The molecule has 0 spiro atoms. The molecule has 7 nitrogen and oxygen atoms in total. The Morgan fingerprint density at radius 1 is 1.00 bits per heavy atom. The molecule has 0 aliphatic heterocycles. The Hall–Kier alpha value is -3.74. The van der Waals surface area contributed by atoms with Crippen LogP contribution in [0.5, 0.6) is 0 Å². The molecule has 5 rings (SSSR count). The van der Waals surface area contributed by atoms with Crippen molar-refractivity contribution in [3.05, 3.63) is 75.7 Å². The summed E-state index contributed by atoms with van der Waals surface area (Å²) >= 11 is 0. The summed E-state index contributed by atoms with van der Waals surface area (Å²) in [5.74, 6) is 0. The highest BCUT2D eigenvalue weighted by Gasteiger charge is 2.19. The number of aromatic nitrogens is 5. The number of unbranched alkanes of at least 4 members (excludes halogenated alkanes) is 1. The Bertz CT molecular complexity index is 1530. The molecule has 0 saturated carbocycles. The van der Waals surface area contributed by atoms with E-state index in [-0.39, 0.29) is 5.56 Å². The predicted octanol–water partition coefficient (Wildman–Crippen LogP) is 3.39. The number of hydrogen-bond acceptors (Lipinski definition) is 4. The van der Waals surface area contributed by atoms with E-state index >= 15 is 0 Å². The van der Waals surface area contributed by atoms with Crippen LogP contribution in [-0.2, 0) is 13.6 Å². The van der Waals surface area contributed by atoms with Gasteiger partial charge in [-0.3, -0.25) is 13.9 Å². The van der Waals surface area contributed by atoms with Crippen molar-refractivity contribution in [1.29, 1.82) is 0 Å². The van der Waals surface area contributed by atoms with Crippen LogP contribution in [0.1, 0.15) is 19.8 Å². The topological polar surface area (TPSA) is 74.7 Å². The van der Waals surface area contributed by atoms with Crippen molar-refractivity contribution in [2.45, 2.75) is 26.3 Å². The highest BCUT2D eigenvalue weighted by Crippen LogP contribution is 2.29. The molecule has 3 aromatic heterocycles. The highest BCUT2D eigenvalue weighted by molar-refractivity contribution is 6.08. The van der Waals surface area contributed by atoms with E-state index in [4.69, 9.17) is 0 Å². The van der Waals surface area contributed by atoms with Crippen LogP contribution in [0.2, 0.25) is 0 Å². The average molecular weight is 399 g/mol. The van der Waals surface area contributed by atoms with E-state index < -0.39 is 5.69 Å². The molecule has 0 radical (unpaired) electrons. The summed E-state index contributed by atoms with van der Waals surface area (Å²) in [4.78, 5) is 35.0. The van der Waals surface area contributed by atoms with Gasteiger partial charge in [-0.05, 0) is 36.8 Å². The zero-order valence-electron chi connectivity index (χ0n) is 16.9. The Balaban J connectivity index is 2.00. The van der Waals surface area contributed by atoms with Crippen molar-refractivity contribution in [2.75, 3.05) is 0 Å². The molecule has 3 heterocycles. The quantitative estimate of drug-likeness (QED) is 0.464. The minimum atomic E-state index is -0.506. The summed E-state index contributed by atoms with van der Waals surface area (Å²) in [5, 5.41) is 1.22. The van der Waals surface area contributed by atoms with E-state index in [0.29, 0.717) is 17.6 Å². The van der Waals surface area contributed by atoms with Gasteiger partial charge in [0, 0.05) is 24.7 Å². The molecular formula is C23H21N5O2. The van der Waals surface area contributed by atoms with Gasteiger partial charge in [0.05, 0.1) is 28.3 Å². The molecule has 30 heavy (non-hydrogen) atoms. The van der Waals surface area contributed by atoms with Crippen molar-refractivity contribution < 1.29 is 0 Å². The smallest absolute Gasteiger partial charge is 0.334 e. The first-order valence-electron chi connectivity index (χ1n) is 10.1. The maximum atomic E-state index is 13.4. The highest BCUT2D eigenvalue weighted by atomic mass is 16.2. The van der Waals surface area contributed by atoms with Gasteiger partial charge in [0.15, 0.2) is 5.65 Å². The number of imidazole rings is 1. The molecule has 0 aliphatic carbocycles. The first-order chi connectivity index (χ1) is 14.6. The maximum Gasteiger partial charge on any atom is 0.352 e. The van der Waals surface area contributed by atoms with E-state index in [2.05, 4.69) is 9.97 Å². The third-order valence-corrected chi connectivity index (χ3v) is 5.56. The molecule has 0 atom stereocenters. The average Bonchev–Trinajstić information content (AvgIpc) is 3.17. The second-order valence-electron chi connectivity index (χ2n) is 7.48. The van der Waals surface area contributed by atoms with Gasteiger partial charge >= 0.3 is 5.69 Å². The molecule has 0 N–H and O–H groups in total. The van der Waals surface area contributed by atoms with E-state index in [1.165, 1.54) is 4.57 Å². The summed E-state index contributed by atoms with van der Waals surface area (Å²) < 4.78 is 5.08. The van der Waals surface area contributed by atoms with E-state index in [1.807, 2.05) is 71.6 Å². The summed E-state index contributed by atoms with van der Waals surface area (Å²) in [6.07, 6.45) is 3.40. The van der Waals surface area contributed by atoms with Crippen LogP contribution < -0.4 is 11.2 Å². The van der Waals surface area contributed by atoms with Gasteiger partial charge in [-0.15, -0.1) is 0 Å². The monoisotopic (exact) mass is 399 g/mol. The van der Waals surface area contributed by atoms with Gasteiger partial charge in [0.25, 0.3) is 5.56 Å². The van der Waals surface area contributed by atoms with Gasteiger partial charge in [-0.2, -0.15) is 4.98 Å². The normalized spacial score (nSPS) is 11.7. The number of fused-ring (bicyclic) bond motifs is 4. The largest absolute Gasteiger partial charge is 0.352 e.